The third-order valence-electron chi connectivity index (χ3n) is 11.7. The van der Waals surface area contributed by atoms with Crippen LogP contribution in [0, 0.1) is 0 Å². The minimum atomic E-state index is -0.796. The predicted octanol–water partition coefficient (Wildman–Crippen LogP) is 15.5. The van der Waals surface area contributed by atoms with Gasteiger partial charge in [0.2, 0.25) is 5.91 Å². The second kappa shape index (κ2) is 47.9. The Morgan fingerprint density at radius 3 is 1.35 bits per heavy atom. The first kappa shape index (κ1) is 57.8. The molecule has 0 aliphatic heterocycles. The van der Waals surface area contributed by atoms with Crippen molar-refractivity contribution >= 4 is 11.9 Å². The molecule has 6 heteroatoms. The summed E-state index contributed by atoms with van der Waals surface area (Å²) in [5.41, 5.74) is 0. The number of carbonyl (C=O) groups excluding carboxylic acids is 2. The fourth-order valence-electron chi connectivity index (χ4n) is 7.73. The number of amides is 1. The van der Waals surface area contributed by atoms with Gasteiger partial charge in [0, 0.05) is 6.42 Å². The molecule has 0 aliphatic rings. The smallest absolute Gasteiger partial charge is 0.306 e. The number of unbranched alkanes of at least 4 members (excludes halogenated alkanes) is 28. The van der Waals surface area contributed by atoms with E-state index in [2.05, 4.69) is 74.7 Å². The highest BCUT2D eigenvalue weighted by Crippen LogP contribution is 2.17. The van der Waals surface area contributed by atoms with E-state index in [0.29, 0.717) is 19.3 Å². The van der Waals surface area contributed by atoms with Gasteiger partial charge in [-0.25, -0.2) is 0 Å². The molecule has 0 aromatic heterocycles. The number of nitrogens with one attached hydrogen (secondary N) is 1. The molecule has 0 saturated carbocycles. The van der Waals surface area contributed by atoms with Crippen LogP contribution in [0.5, 0.6) is 0 Å². The van der Waals surface area contributed by atoms with Crippen molar-refractivity contribution in [1.82, 2.24) is 5.32 Å². The Balaban J connectivity index is 4.61. The highest BCUT2D eigenvalue weighted by Gasteiger charge is 2.24. The van der Waals surface area contributed by atoms with Crippen molar-refractivity contribution in [3.05, 3.63) is 48.6 Å². The SMILES string of the molecule is CCCCCCC/C=C/C=C/C=C/CCCCCCCC(=O)OC(CCC/C=C\CCCCCCCCC)CC(=O)NC(CO)C(O)CCCCCCCCCCCCC. The average molecular weight is 842 g/mol. The molecule has 3 atom stereocenters. The van der Waals surface area contributed by atoms with Gasteiger partial charge < -0.3 is 20.3 Å². The van der Waals surface area contributed by atoms with Gasteiger partial charge in [0.15, 0.2) is 0 Å². The number of ether oxygens (including phenoxy) is 1. The predicted molar refractivity (Wildman–Crippen MR) is 259 cm³/mol. The highest BCUT2D eigenvalue weighted by atomic mass is 16.5. The molecule has 350 valence electrons. The molecule has 0 rings (SSSR count). The molecule has 0 bridgehead atoms. The van der Waals surface area contributed by atoms with Gasteiger partial charge in [0.25, 0.3) is 0 Å². The molecule has 0 aromatic rings. The summed E-state index contributed by atoms with van der Waals surface area (Å²) in [5.74, 6) is -0.522. The van der Waals surface area contributed by atoms with E-state index >= 15 is 0 Å². The maximum Gasteiger partial charge on any atom is 0.306 e. The number of hydrogen-bond acceptors (Lipinski definition) is 5. The zero-order valence-electron chi connectivity index (χ0n) is 39.8. The lowest BCUT2D eigenvalue weighted by atomic mass is 10.0. The van der Waals surface area contributed by atoms with E-state index in [1.807, 2.05) is 0 Å². The van der Waals surface area contributed by atoms with Crippen LogP contribution in [0.1, 0.15) is 258 Å². The molecule has 3 unspecified atom stereocenters. The lowest BCUT2D eigenvalue weighted by molar-refractivity contribution is -0.151. The molecule has 0 heterocycles. The van der Waals surface area contributed by atoms with Crippen LogP contribution >= 0.6 is 0 Å². The van der Waals surface area contributed by atoms with E-state index in [1.54, 1.807) is 0 Å². The van der Waals surface area contributed by atoms with Crippen LogP contribution in [0.15, 0.2) is 48.6 Å². The van der Waals surface area contributed by atoms with E-state index in [0.717, 1.165) is 77.0 Å². The lowest BCUT2D eigenvalue weighted by Crippen LogP contribution is -2.46. The molecule has 0 aliphatic carbocycles. The Bertz CT molecular complexity index is 1040. The number of rotatable bonds is 46. The summed E-state index contributed by atoms with van der Waals surface area (Å²) in [6.07, 6.45) is 57.4. The molecule has 0 spiro atoms. The quantitative estimate of drug-likeness (QED) is 0.0246. The molecule has 0 fully saturated rings. The van der Waals surface area contributed by atoms with Gasteiger partial charge in [-0.2, -0.15) is 0 Å². The van der Waals surface area contributed by atoms with Crippen LogP contribution in [0.2, 0.25) is 0 Å². The number of esters is 1. The minimum absolute atomic E-state index is 0.0489. The normalized spacial score (nSPS) is 13.6. The summed E-state index contributed by atoms with van der Waals surface area (Å²) in [6.45, 7) is 6.45. The Labute approximate surface area is 372 Å². The van der Waals surface area contributed by atoms with Crippen LogP contribution < -0.4 is 5.32 Å². The summed E-state index contributed by atoms with van der Waals surface area (Å²) in [6, 6.07) is -0.713. The molecule has 0 saturated heterocycles. The van der Waals surface area contributed by atoms with Crippen molar-refractivity contribution < 1.29 is 24.5 Å². The van der Waals surface area contributed by atoms with Gasteiger partial charge >= 0.3 is 5.97 Å². The number of allylic oxidation sites excluding steroid dienone is 8. The average Bonchev–Trinajstić information content (AvgIpc) is 3.24. The maximum absolute atomic E-state index is 13.2. The van der Waals surface area contributed by atoms with Crippen LogP contribution in [-0.4, -0.2) is 46.9 Å². The summed E-state index contributed by atoms with van der Waals surface area (Å²) >= 11 is 0. The summed E-state index contributed by atoms with van der Waals surface area (Å²) in [7, 11) is 0. The first-order valence-electron chi connectivity index (χ1n) is 25.9. The van der Waals surface area contributed by atoms with Crippen molar-refractivity contribution in [2.24, 2.45) is 0 Å². The molecule has 1 amide bonds. The van der Waals surface area contributed by atoms with Gasteiger partial charge in [0.05, 0.1) is 25.2 Å². The van der Waals surface area contributed by atoms with Crippen molar-refractivity contribution in [2.45, 2.75) is 277 Å². The third kappa shape index (κ3) is 42.5. The summed E-state index contributed by atoms with van der Waals surface area (Å²) < 4.78 is 5.90. The van der Waals surface area contributed by atoms with Gasteiger partial charge in [-0.1, -0.05) is 223 Å². The molecule has 3 N–H and O–H groups in total. The fourth-order valence-corrected chi connectivity index (χ4v) is 7.73. The van der Waals surface area contributed by atoms with Gasteiger partial charge in [0.1, 0.15) is 6.10 Å². The second-order valence-corrected chi connectivity index (χ2v) is 17.6. The zero-order valence-corrected chi connectivity index (χ0v) is 39.8. The van der Waals surface area contributed by atoms with Crippen molar-refractivity contribution in [3.8, 4) is 0 Å². The molecular weight excluding hydrogens is 743 g/mol. The van der Waals surface area contributed by atoms with Crippen molar-refractivity contribution in [1.29, 1.82) is 0 Å². The van der Waals surface area contributed by atoms with Crippen LogP contribution in [0.3, 0.4) is 0 Å². The third-order valence-corrected chi connectivity index (χ3v) is 11.7. The maximum atomic E-state index is 13.2. The Hall–Kier alpha value is -2.18. The van der Waals surface area contributed by atoms with Gasteiger partial charge in [-0.15, -0.1) is 0 Å². The number of carbonyl (C=O) groups is 2. The second-order valence-electron chi connectivity index (χ2n) is 17.6. The highest BCUT2D eigenvalue weighted by molar-refractivity contribution is 5.77. The van der Waals surface area contributed by atoms with E-state index in [-0.39, 0.29) is 24.9 Å². The standard InChI is InChI=1S/C54H99NO5/c1-4-7-10-13-16-19-22-24-25-26-27-28-29-32-35-38-41-44-47-54(59)60-50(45-42-39-36-33-31-23-20-17-14-11-8-5-2)48-53(58)55-51(49-56)52(57)46-43-40-37-34-30-21-18-15-12-9-6-3/h22,24-28,33,36,50-52,56-57H,4-21,23,29-32,34-35,37-49H2,1-3H3,(H,55,58)/b24-22+,26-25+,28-27+,36-33-. The lowest BCUT2D eigenvalue weighted by Gasteiger charge is -2.24. The molecule has 0 aromatic carbocycles. The largest absolute Gasteiger partial charge is 0.462 e. The Morgan fingerprint density at radius 1 is 0.483 bits per heavy atom. The van der Waals surface area contributed by atoms with E-state index in [9.17, 15) is 19.8 Å². The fraction of sp³-hybridized carbons (Fsp3) is 0.815. The van der Waals surface area contributed by atoms with E-state index in [1.165, 1.54) is 135 Å². The Morgan fingerprint density at radius 2 is 0.883 bits per heavy atom. The molecule has 0 radical (unpaired) electrons. The van der Waals surface area contributed by atoms with Crippen LogP contribution in [-0.2, 0) is 14.3 Å². The van der Waals surface area contributed by atoms with Crippen molar-refractivity contribution in [2.75, 3.05) is 6.61 Å². The van der Waals surface area contributed by atoms with Gasteiger partial charge in [-0.3, -0.25) is 9.59 Å². The Kier molecular flexibility index (Phi) is 46.1. The van der Waals surface area contributed by atoms with Crippen molar-refractivity contribution in [3.63, 3.8) is 0 Å². The zero-order chi connectivity index (χ0) is 43.8. The first-order chi connectivity index (χ1) is 29.5. The number of aliphatic hydroxyl groups excluding tert-OH is 2. The summed E-state index contributed by atoms with van der Waals surface area (Å²) in [5, 5.41) is 23.7. The van der Waals surface area contributed by atoms with Crippen LogP contribution in [0.25, 0.3) is 0 Å². The van der Waals surface area contributed by atoms with E-state index < -0.39 is 18.2 Å². The topological polar surface area (TPSA) is 95.9 Å². The molecule has 60 heavy (non-hydrogen) atoms. The van der Waals surface area contributed by atoms with E-state index in [4.69, 9.17) is 4.74 Å². The number of aliphatic hydroxyl groups is 2. The monoisotopic (exact) mass is 842 g/mol. The van der Waals surface area contributed by atoms with Crippen LogP contribution in [0.4, 0.5) is 0 Å². The minimum Gasteiger partial charge on any atom is -0.462 e. The first-order valence-corrected chi connectivity index (χ1v) is 25.9. The van der Waals surface area contributed by atoms with Gasteiger partial charge in [-0.05, 0) is 70.6 Å². The summed E-state index contributed by atoms with van der Waals surface area (Å²) in [4.78, 5) is 26.1. The number of hydrogen-bond donors (Lipinski definition) is 3. The molecule has 6 nitrogen and oxygen atoms in total. The molecular formula is C54H99NO5.